The van der Waals surface area contributed by atoms with Crippen LogP contribution >= 0.6 is 12.2 Å². The smallest absolute Gasteiger partial charge is 0.157 e. The van der Waals surface area contributed by atoms with Crippen molar-refractivity contribution in [2.45, 2.75) is 26.1 Å². The van der Waals surface area contributed by atoms with Crippen LogP contribution in [0.4, 0.5) is 5.82 Å². The minimum Gasteiger partial charge on any atom is -0.388 e. The summed E-state index contributed by atoms with van der Waals surface area (Å²) >= 11 is 5.00. The number of hydrogen-bond acceptors (Lipinski definition) is 5. The van der Waals surface area contributed by atoms with Crippen molar-refractivity contribution < 1.29 is 4.74 Å². The first-order valence-corrected chi connectivity index (χ1v) is 6.00. The zero-order chi connectivity index (χ0) is 12.4. The van der Waals surface area contributed by atoms with Crippen LogP contribution in [-0.4, -0.2) is 40.3 Å². The van der Waals surface area contributed by atoms with Crippen LogP contribution in [0.1, 0.15) is 19.5 Å². The van der Waals surface area contributed by atoms with Crippen LogP contribution in [0.2, 0.25) is 0 Å². The van der Waals surface area contributed by atoms with Gasteiger partial charge in [0.2, 0.25) is 0 Å². The van der Waals surface area contributed by atoms with Gasteiger partial charge in [-0.25, -0.2) is 9.97 Å². The van der Waals surface area contributed by atoms with Crippen LogP contribution in [0.5, 0.6) is 0 Å². The van der Waals surface area contributed by atoms with E-state index in [0.717, 1.165) is 18.9 Å². The number of nitrogens with zero attached hydrogens (tertiary/aromatic N) is 3. The molecule has 5 nitrogen and oxygen atoms in total. The second-order valence-corrected chi connectivity index (χ2v) is 4.69. The van der Waals surface area contributed by atoms with Crippen LogP contribution in [0, 0.1) is 0 Å². The van der Waals surface area contributed by atoms with E-state index < -0.39 is 0 Å². The number of anilines is 1. The summed E-state index contributed by atoms with van der Waals surface area (Å²) < 4.78 is 5.68. The van der Waals surface area contributed by atoms with Crippen molar-refractivity contribution in [3.05, 3.63) is 18.1 Å². The molecule has 17 heavy (non-hydrogen) atoms. The van der Waals surface area contributed by atoms with Gasteiger partial charge in [-0.15, -0.1) is 0 Å². The van der Waals surface area contributed by atoms with Gasteiger partial charge in [-0.2, -0.15) is 0 Å². The van der Waals surface area contributed by atoms with Gasteiger partial charge < -0.3 is 15.4 Å². The molecule has 6 heteroatoms. The van der Waals surface area contributed by atoms with Gasteiger partial charge >= 0.3 is 0 Å². The van der Waals surface area contributed by atoms with Crippen LogP contribution < -0.4 is 10.6 Å². The van der Waals surface area contributed by atoms with E-state index in [1.165, 1.54) is 0 Å². The summed E-state index contributed by atoms with van der Waals surface area (Å²) in [6, 6.07) is 0. The molecule has 1 saturated heterocycles. The molecule has 2 rings (SSSR count). The molecule has 2 heterocycles. The van der Waals surface area contributed by atoms with Crippen molar-refractivity contribution >= 4 is 23.0 Å². The zero-order valence-corrected chi connectivity index (χ0v) is 10.8. The van der Waals surface area contributed by atoms with E-state index in [9.17, 15) is 0 Å². The molecule has 2 N–H and O–H groups in total. The second-order valence-electron chi connectivity index (χ2n) is 4.26. The molecule has 1 aromatic rings. The van der Waals surface area contributed by atoms with Gasteiger partial charge in [-0.3, -0.25) is 0 Å². The van der Waals surface area contributed by atoms with Gasteiger partial charge in [-0.1, -0.05) is 12.2 Å². The molecular formula is C11H16N4OS. The number of rotatable bonds is 2. The number of hydrogen-bond donors (Lipinski definition) is 1. The molecule has 0 bridgehead atoms. The van der Waals surface area contributed by atoms with Crippen molar-refractivity contribution in [3.8, 4) is 0 Å². The lowest BCUT2D eigenvalue weighted by atomic mass is 10.2. The van der Waals surface area contributed by atoms with Gasteiger partial charge in [-0.05, 0) is 13.8 Å². The van der Waals surface area contributed by atoms with Gasteiger partial charge in [0.25, 0.3) is 0 Å². The predicted molar refractivity (Wildman–Crippen MR) is 70.1 cm³/mol. The van der Waals surface area contributed by atoms with Gasteiger partial charge in [0, 0.05) is 25.5 Å². The molecule has 92 valence electrons. The Bertz CT molecular complexity index is 416. The van der Waals surface area contributed by atoms with Crippen LogP contribution in [-0.2, 0) is 4.74 Å². The van der Waals surface area contributed by atoms with E-state index in [2.05, 4.69) is 14.9 Å². The summed E-state index contributed by atoms with van der Waals surface area (Å²) in [5.41, 5.74) is 6.25. The maximum atomic E-state index is 5.68. The molecule has 0 radical (unpaired) electrons. The SMILES string of the molecule is CC1CN(c2nccnc2C(N)=S)CC(C)O1. The Balaban J connectivity index is 2.30. The summed E-state index contributed by atoms with van der Waals surface area (Å²) in [6.07, 6.45) is 3.59. The Kier molecular flexibility index (Phi) is 3.54. The van der Waals surface area contributed by atoms with Crippen molar-refractivity contribution in [1.82, 2.24) is 9.97 Å². The quantitative estimate of drug-likeness (QED) is 0.783. The highest BCUT2D eigenvalue weighted by Crippen LogP contribution is 2.20. The van der Waals surface area contributed by atoms with E-state index in [0.29, 0.717) is 5.69 Å². The summed E-state index contributed by atoms with van der Waals surface area (Å²) in [7, 11) is 0. The molecule has 1 aliphatic rings. The van der Waals surface area contributed by atoms with E-state index in [1.54, 1.807) is 12.4 Å². The predicted octanol–water partition coefficient (Wildman–Crippen LogP) is 0.724. The van der Waals surface area contributed by atoms with Crippen molar-refractivity contribution in [2.24, 2.45) is 5.73 Å². The fourth-order valence-electron chi connectivity index (χ4n) is 2.09. The first-order valence-electron chi connectivity index (χ1n) is 5.59. The highest BCUT2D eigenvalue weighted by atomic mass is 32.1. The van der Waals surface area contributed by atoms with E-state index in [4.69, 9.17) is 22.7 Å². The maximum Gasteiger partial charge on any atom is 0.157 e. The Morgan fingerprint density at radius 3 is 2.53 bits per heavy atom. The monoisotopic (exact) mass is 252 g/mol. The lowest BCUT2D eigenvalue weighted by Gasteiger charge is -2.36. The largest absolute Gasteiger partial charge is 0.388 e. The second kappa shape index (κ2) is 4.93. The third-order valence-corrected chi connectivity index (χ3v) is 2.82. The molecule has 1 aromatic heterocycles. The average Bonchev–Trinajstić information content (AvgIpc) is 2.27. The van der Waals surface area contributed by atoms with E-state index in [1.807, 2.05) is 13.8 Å². The minimum absolute atomic E-state index is 0.167. The van der Waals surface area contributed by atoms with E-state index in [-0.39, 0.29) is 17.2 Å². The molecule has 2 unspecified atom stereocenters. The lowest BCUT2D eigenvalue weighted by Crippen LogP contribution is -2.46. The van der Waals surface area contributed by atoms with Crippen molar-refractivity contribution in [1.29, 1.82) is 0 Å². The topological polar surface area (TPSA) is 64.3 Å². The summed E-state index contributed by atoms with van der Waals surface area (Å²) in [5, 5.41) is 0. The normalized spacial score (nSPS) is 24.7. The summed E-state index contributed by atoms with van der Waals surface area (Å²) in [4.78, 5) is 10.9. The number of thiocarbonyl (C=S) groups is 1. The highest BCUT2D eigenvalue weighted by molar-refractivity contribution is 7.80. The van der Waals surface area contributed by atoms with Crippen LogP contribution in [0.15, 0.2) is 12.4 Å². The third-order valence-electron chi connectivity index (χ3n) is 2.63. The molecule has 2 atom stereocenters. The molecule has 1 aliphatic heterocycles. The van der Waals surface area contributed by atoms with Gasteiger partial charge in [0.15, 0.2) is 5.82 Å². The fourth-order valence-corrected chi connectivity index (χ4v) is 2.23. The highest BCUT2D eigenvalue weighted by Gasteiger charge is 2.25. The Morgan fingerprint density at radius 2 is 1.94 bits per heavy atom. The number of ether oxygens (including phenoxy) is 1. The molecule has 0 amide bonds. The van der Waals surface area contributed by atoms with Crippen LogP contribution in [0.3, 0.4) is 0 Å². The molecule has 1 fully saturated rings. The molecule has 0 spiro atoms. The lowest BCUT2D eigenvalue weighted by molar-refractivity contribution is -0.00548. The van der Waals surface area contributed by atoms with E-state index >= 15 is 0 Å². The number of aromatic nitrogens is 2. The molecular weight excluding hydrogens is 236 g/mol. The maximum absolute atomic E-state index is 5.68. The molecule has 0 aromatic carbocycles. The summed E-state index contributed by atoms with van der Waals surface area (Å²) in [5.74, 6) is 0.752. The average molecular weight is 252 g/mol. The molecule has 0 saturated carbocycles. The number of nitrogens with two attached hydrogens (primary N) is 1. The summed E-state index contributed by atoms with van der Waals surface area (Å²) in [6.45, 7) is 5.64. The minimum atomic E-state index is 0.167. The van der Waals surface area contributed by atoms with Crippen molar-refractivity contribution in [3.63, 3.8) is 0 Å². The first kappa shape index (κ1) is 12.2. The van der Waals surface area contributed by atoms with Crippen LogP contribution in [0.25, 0.3) is 0 Å². The fraction of sp³-hybridized carbons (Fsp3) is 0.545. The third kappa shape index (κ3) is 2.70. The van der Waals surface area contributed by atoms with Crippen molar-refractivity contribution in [2.75, 3.05) is 18.0 Å². The Labute approximate surface area is 106 Å². The first-order chi connectivity index (χ1) is 8.08. The van der Waals surface area contributed by atoms with Gasteiger partial charge in [0.05, 0.1) is 12.2 Å². The van der Waals surface area contributed by atoms with Gasteiger partial charge in [0.1, 0.15) is 10.7 Å². The Morgan fingerprint density at radius 1 is 1.35 bits per heavy atom. The Hall–Kier alpha value is -1.27. The number of morpholine rings is 1. The molecule has 0 aliphatic carbocycles. The zero-order valence-electron chi connectivity index (χ0n) is 9.96. The standard InChI is InChI=1S/C11H16N4OS/c1-7-5-15(6-8(2)16-7)11-9(10(12)17)13-3-4-14-11/h3-4,7-8H,5-6H2,1-2H3,(H2,12,17).